The highest BCUT2D eigenvalue weighted by Crippen LogP contribution is 2.52. The molecule has 3 aromatic rings. The van der Waals surface area contributed by atoms with E-state index in [0.717, 1.165) is 39.8 Å². The summed E-state index contributed by atoms with van der Waals surface area (Å²) in [5, 5.41) is 16.8. The number of phenols is 1. The lowest BCUT2D eigenvalue weighted by Crippen LogP contribution is -2.29. The largest absolute Gasteiger partial charge is 0.508 e. The van der Waals surface area contributed by atoms with E-state index in [-0.39, 0.29) is 6.04 Å². The number of allylic oxidation sites excluding steroid dienone is 2. The van der Waals surface area contributed by atoms with Gasteiger partial charge >= 0.3 is 0 Å². The molecular formula is C26H25NO2. The van der Waals surface area contributed by atoms with Crippen LogP contribution in [0.2, 0.25) is 0 Å². The highest BCUT2D eigenvalue weighted by Gasteiger charge is 2.39. The smallest absolute Gasteiger partial charge is 0.121 e. The van der Waals surface area contributed by atoms with Crippen LogP contribution in [0.25, 0.3) is 10.8 Å². The molecule has 0 aromatic heterocycles. The summed E-state index contributed by atoms with van der Waals surface area (Å²) in [7, 11) is 0. The molecule has 0 spiro atoms. The van der Waals surface area contributed by atoms with Gasteiger partial charge in [0.15, 0.2) is 0 Å². The molecule has 3 atom stereocenters. The van der Waals surface area contributed by atoms with Crippen molar-refractivity contribution in [2.45, 2.75) is 25.3 Å². The summed E-state index contributed by atoms with van der Waals surface area (Å²) in [6, 6.07) is 18.4. The quantitative estimate of drug-likeness (QED) is 0.518. The highest BCUT2D eigenvalue weighted by molar-refractivity contribution is 5.89. The molecular weight excluding hydrogens is 358 g/mol. The third-order valence-electron chi connectivity index (χ3n) is 6.08. The molecule has 1 aliphatic heterocycles. The Bertz CT molecular complexity index is 1130. The monoisotopic (exact) mass is 383 g/mol. The third kappa shape index (κ3) is 3.07. The van der Waals surface area contributed by atoms with Gasteiger partial charge in [-0.2, -0.15) is 0 Å². The first kappa shape index (κ1) is 17.9. The molecule has 0 bridgehead atoms. The molecule has 146 valence electrons. The van der Waals surface area contributed by atoms with Gasteiger partial charge in [0, 0.05) is 17.2 Å². The fourth-order valence-corrected chi connectivity index (χ4v) is 4.77. The molecule has 2 aliphatic rings. The van der Waals surface area contributed by atoms with Gasteiger partial charge in [0.2, 0.25) is 0 Å². The van der Waals surface area contributed by atoms with Gasteiger partial charge in [-0.15, -0.1) is 0 Å². The molecule has 0 radical (unpaired) electrons. The fraction of sp³-hybridized carbons (Fsp3) is 0.231. The number of hydrogen-bond acceptors (Lipinski definition) is 3. The molecule has 5 rings (SSSR count). The van der Waals surface area contributed by atoms with E-state index < -0.39 is 0 Å². The van der Waals surface area contributed by atoms with Gasteiger partial charge in [-0.3, -0.25) is 0 Å². The van der Waals surface area contributed by atoms with Crippen molar-refractivity contribution in [2.24, 2.45) is 5.92 Å². The van der Waals surface area contributed by atoms with Crippen LogP contribution in [0.1, 0.15) is 36.4 Å². The molecule has 0 saturated heterocycles. The van der Waals surface area contributed by atoms with E-state index in [2.05, 4.69) is 48.3 Å². The first-order valence-electron chi connectivity index (χ1n) is 10.2. The summed E-state index contributed by atoms with van der Waals surface area (Å²) in [4.78, 5) is 0. The molecule has 2 N–H and O–H groups in total. The van der Waals surface area contributed by atoms with E-state index in [1.807, 2.05) is 37.3 Å². The third-order valence-corrected chi connectivity index (χ3v) is 6.08. The average Bonchev–Trinajstić information content (AvgIpc) is 3.22. The number of fused-ring (bicyclic) bond motifs is 4. The first-order chi connectivity index (χ1) is 14.1. The zero-order valence-electron chi connectivity index (χ0n) is 16.6. The Morgan fingerprint density at radius 2 is 2.03 bits per heavy atom. The van der Waals surface area contributed by atoms with Crippen molar-refractivity contribution >= 4 is 16.5 Å². The summed E-state index contributed by atoms with van der Waals surface area (Å²) < 4.78 is 5.88. The van der Waals surface area contributed by atoms with Crippen molar-refractivity contribution < 1.29 is 9.84 Å². The minimum Gasteiger partial charge on any atom is -0.508 e. The molecule has 0 saturated carbocycles. The van der Waals surface area contributed by atoms with E-state index in [0.29, 0.717) is 24.2 Å². The Balaban J connectivity index is 1.58. The second-order valence-corrected chi connectivity index (χ2v) is 8.19. The first-order valence-corrected chi connectivity index (χ1v) is 10.2. The zero-order valence-corrected chi connectivity index (χ0v) is 16.6. The van der Waals surface area contributed by atoms with Gasteiger partial charge in [-0.05, 0) is 65.4 Å². The van der Waals surface area contributed by atoms with Crippen LogP contribution in [0.15, 0.2) is 78.9 Å². The van der Waals surface area contributed by atoms with Crippen LogP contribution < -0.4 is 10.1 Å². The normalized spacial score (nSPS) is 22.0. The maximum absolute atomic E-state index is 10.8. The number of ether oxygens (including phenoxy) is 1. The second kappa shape index (κ2) is 7.00. The topological polar surface area (TPSA) is 41.5 Å². The summed E-state index contributed by atoms with van der Waals surface area (Å²) in [6.07, 6.45) is 5.56. The van der Waals surface area contributed by atoms with Gasteiger partial charge in [0.25, 0.3) is 0 Å². The number of phenolic OH excluding ortho intramolecular Hbond substituents is 1. The minimum atomic E-state index is 0.0517. The van der Waals surface area contributed by atoms with Crippen LogP contribution in [-0.4, -0.2) is 11.7 Å². The second-order valence-electron chi connectivity index (χ2n) is 8.19. The fourth-order valence-electron chi connectivity index (χ4n) is 4.77. The van der Waals surface area contributed by atoms with Crippen molar-refractivity contribution in [1.82, 2.24) is 0 Å². The standard InChI is InChI=1S/C26H25NO2/c1-16(2)15-29-18-11-12-23-22(14-18)20-8-5-9-21(20)26(27-23)25-19-7-4-3-6-17(19)10-13-24(25)28/h3-8,10-14,20-21,26-28H,1,9,15H2,2H3. The van der Waals surface area contributed by atoms with Gasteiger partial charge in [0.05, 0.1) is 6.04 Å². The van der Waals surface area contributed by atoms with E-state index in [1.165, 1.54) is 5.56 Å². The Morgan fingerprint density at radius 3 is 2.90 bits per heavy atom. The Hall–Kier alpha value is -3.20. The molecule has 0 fully saturated rings. The van der Waals surface area contributed by atoms with Crippen molar-refractivity contribution in [3.8, 4) is 11.5 Å². The molecule has 0 amide bonds. The maximum Gasteiger partial charge on any atom is 0.121 e. The molecule has 3 aromatic carbocycles. The van der Waals surface area contributed by atoms with Crippen LogP contribution in [-0.2, 0) is 0 Å². The summed E-state index contributed by atoms with van der Waals surface area (Å²) in [5.74, 6) is 1.90. The Labute approximate surface area is 171 Å². The van der Waals surface area contributed by atoms with E-state index in [4.69, 9.17) is 4.74 Å². The lowest BCUT2D eigenvalue weighted by Gasteiger charge is -2.38. The number of anilines is 1. The van der Waals surface area contributed by atoms with Crippen molar-refractivity contribution in [1.29, 1.82) is 0 Å². The van der Waals surface area contributed by atoms with Gasteiger partial charge in [-0.1, -0.05) is 49.1 Å². The lowest BCUT2D eigenvalue weighted by atomic mass is 9.76. The number of hydrogen-bond donors (Lipinski definition) is 2. The minimum absolute atomic E-state index is 0.0517. The average molecular weight is 383 g/mol. The summed E-state index contributed by atoms with van der Waals surface area (Å²) in [5.41, 5.74) is 4.37. The van der Waals surface area contributed by atoms with E-state index in [9.17, 15) is 5.11 Å². The molecule has 29 heavy (non-hydrogen) atoms. The molecule has 3 nitrogen and oxygen atoms in total. The van der Waals surface area contributed by atoms with Crippen LogP contribution >= 0.6 is 0 Å². The van der Waals surface area contributed by atoms with Crippen LogP contribution in [0.4, 0.5) is 5.69 Å². The molecule has 1 heterocycles. The van der Waals surface area contributed by atoms with Crippen molar-refractivity contribution in [3.63, 3.8) is 0 Å². The highest BCUT2D eigenvalue weighted by atomic mass is 16.5. The van der Waals surface area contributed by atoms with E-state index >= 15 is 0 Å². The van der Waals surface area contributed by atoms with Crippen molar-refractivity contribution in [3.05, 3.63) is 90.0 Å². The number of rotatable bonds is 4. The summed E-state index contributed by atoms with van der Waals surface area (Å²) in [6.45, 7) is 6.41. The number of aromatic hydroxyl groups is 1. The molecule has 3 unspecified atom stereocenters. The lowest BCUT2D eigenvalue weighted by molar-refractivity contribution is 0.350. The predicted molar refractivity (Wildman–Crippen MR) is 119 cm³/mol. The van der Waals surface area contributed by atoms with Crippen LogP contribution in [0, 0.1) is 5.92 Å². The number of benzene rings is 3. The SMILES string of the molecule is C=C(C)COc1ccc2c(c1)C1C=CCC1C(c1c(O)ccc3ccccc13)N2. The predicted octanol–water partition coefficient (Wildman–Crippen LogP) is 6.33. The van der Waals surface area contributed by atoms with Crippen molar-refractivity contribution in [2.75, 3.05) is 11.9 Å². The van der Waals surface area contributed by atoms with Crippen LogP contribution in [0.3, 0.4) is 0 Å². The summed E-state index contributed by atoms with van der Waals surface area (Å²) >= 11 is 0. The van der Waals surface area contributed by atoms with Gasteiger partial charge < -0.3 is 15.2 Å². The van der Waals surface area contributed by atoms with Gasteiger partial charge in [0.1, 0.15) is 18.1 Å². The van der Waals surface area contributed by atoms with E-state index in [1.54, 1.807) is 0 Å². The Morgan fingerprint density at radius 1 is 1.17 bits per heavy atom. The Kier molecular flexibility index (Phi) is 4.31. The van der Waals surface area contributed by atoms with Crippen LogP contribution in [0.5, 0.6) is 11.5 Å². The molecule has 3 heteroatoms. The number of nitrogens with one attached hydrogen (secondary N) is 1. The zero-order chi connectivity index (χ0) is 20.0. The maximum atomic E-state index is 10.8. The van der Waals surface area contributed by atoms with Gasteiger partial charge in [-0.25, -0.2) is 0 Å². The molecule has 1 aliphatic carbocycles.